The van der Waals surface area contributed by atoms with Gasteiger partial charge in [0, 0.05) is 13.6 Å². The number of rotatable bonds is 3. The molecule has 0 bridgehead atoms. The molecular formula is C16H19N3O4S. The highest BCUT2D eigenvalue weighted by atomic mass is 32.2. The summed E-state index contributed by atoms with van der Waals surface area (Å²) >= 11 is 0. The number of fused-ring (bicyclic) bond motifs is 1. The maximum absolute atomic E-state index is 13.2. The van der Waals surface area contributed by atoms with Crippen molar-refractivity contribution in [3.8, 4) is 0 Å². The van der Waals surface area contributed by atoms with E-state index in [-0.39, 0.29) is 10.5 Å². The first-order valence-corrected chi connectivity index (χ1v) is 9.06. The van der Waals surface area contributed by atoms with E-state index in [4.69, 9.17) is 5.11 Å². The molecule has 0 atom stereocenters. The van der Waals surface area contributed by atoms with Gasteiger partial charge in [-0.25, -0.2) is 13.2 Å². The van der Waals surface area contributed by atoms with Crippen molar-refractivity contribution in [2.75, 3.05) is 10.8 Å². The number of sulfonamides is 1. The van der Waals surface area contributed by atoms with Crippen molar-refractivity contribution < 1.29 is 18.3 Å². The van der Waals surface area contributed by atoms with Crippen LogP contribution in [-0.4, -0.2) is 35.8 Å². The Balaban J connectivity index is 2.13. The zero-order valence-corrected chi connectivity index (χ0v) is 14.6. The monoisotopic (exact) mass is 349 g/mol. The van der Waals surface area contributed by atoms with Crippen LogP contribution in [0.3, 0.4) is 0 Å². The van der Waals surface area contributed by atoms with Crippen LogP contribution in [0.2, 0.25) is 0 Å². The van der Waals surface area contributed by atoms with Gasteiger partial charge in [0.05, 0.1) is 22.6 Å². The molecule has 0 saturated carbocycles. The summed E-state index contributed by atoms with van der Waals surface area (Å²) in [5.41, 5.74) is 2.51. The Labute approximate surface area is 140 Å². The highest BCUT2D eigenvalue weighted by Crippen LogP contribution is 2.34. The molecule has 0 amide bonds. The van der Waals surface area contributed by atoms with E-state index < -0.39 is 16.0 Å². The third kappa shape index (κ3) is 2.47. The largest absolute Gasteiger partial charge is 0.478 e. The number of benzene rings is 1. The Morgan fingerprint density at radius 1 is 1.29 bits per heavy atom. The van der Waals surface area contributed by atoms with Crippen LogP contribution in [0.25, 0.3) is 0 Å². The van der Waals surface area contributed by atoms with Gasteiger partial charge >= 0.3 is 5.97 Å². The van der Waals surface area contributed by atoms with Crippen LogP contribution in [0.5, 0.6) is 0 Å². The second-order valence-electron chi connectivity index (χ2n) is 5.95. The first-order chi connectivity index (χ1) is 11.2. The number of hydrogen-bond donors (Lipinski definition) is 1. The minimum Gasteiger partial charge on any atom is -0.478 e. The third-order valence-corrected chi connectivity index (χ3v) is 6.46. The highest BCUT2D eigenvalue weighted by molar-refractivity contribution is 7.93. The molecule has 1 aliphatic rings. The predicted octanol–water partition coefficient (Wildman–Crippen LogP) is 1.88. The van der Waals surface area contributed by atoms with Crippen LogP contribution in [-0.2, 0) is 23.5 Å². The molecule has 128 valence electrons. The van der Waals surface area contributed by atoms with E-state index in [1.54, 1.807) is 37.7 Å². The van der Waals surface area contributed by atoms with Crippen molar-refractivity contribution in [2.24, 2.45) is 7.05 Å². The van der Waals surface area contributed by atoms with Crippen molar-refractivity contribution in [3.63, 3.8) is 0 Å². The highest BCUT2D eigenvalue weighted by Gasteiger charge is 2.33. The Morgan fingerprint density at radius 2 is 2.00 bits per heavy atom. The molecule has 0 radical (unpaired) electrons. The normalized spacial score (nSPS) is 14.5. The molecule has 2 aromatic rings. The van der Waals surface area contributed by atoms with Gasteiger partial charge in [0.1, 0.15) is 4.90 Å². The summed E-state index contributed by atoms with van der Waals surface area (Å²) in [7, 11) is -2.03. The minimum atomic E-state index is -3.75. The van der Waals surface area contributed by atoms with Crippen LogP contribution < -0.4 is 4.31 Å². The number of aryl methyl sites for hydroxylation is 3. The van der Waals surface area contributed by atoms with Gasteiger partial charge in [-0.15, -0.1) is 0 Å². The fourth-order valence-corrected chi connectivity index (χ4v) is 5.13. The summed E-state index contributed by atoms with van der Waals surface area (Å²) in [6, 6.07) is 4.58. The van der Waals surface area contributed by atoms with Gasteiger partial charge in [-0.1, -0.05) is 0 Å². The van der Waals surface area contributed by atoms with E-state index >= 15 is 0 Å². The van der Waals surface area contributed by atoms with Gasteiger partial charge in [-0.2, -0.15) is 5.10 Å². The van der Waals surface area contributed by atoms with Crippen LogP contribution >= 0.6 is 0 Å². The fraction of sp³-hybridized carbons (Fsp3) is 0.375. The second kappa shape index (κ2) is 5.62. The number of aromatic nitrogens is 2. The smallest absolute Gasteiger partial charge is 0.335 e. The molecule has 0 unspecified atom stereocenters. The Bertz CT molecular complexity index is 931. The molecule has 1 aliphatic heterocycles. The first-order valence-electron chi connectivity index (χ1n) is 7.62. The lowest BCUT2D eigenvalue weighted by molar-refractivity contribution is 0.0696. The maximum atomic E-state index is 13.2. The number of anilines is 1. The molecule has 1 aromatic carbocycles. The molecule has 7 nitrogen and oxygen atoms in total. The number of nitrogens with zero attached hydrogens (tertiary/aromatic N) is 3. The molecule has 0 spiro atoms. The molecule has 8 heteroatoms. The van der Waals surface area contributed by atoms with Crippen LogP contribution in [0.15, 0.2) is 23.1 Å². The van der Waals surface area contributed by atoms with Gasteiger partial charge in [-0.3, -0.25) is 8.99 Å². The van der Waals surface area contributed by atoms with Crippen molar-refractivity contribution in [1.82, 2.24) is 9.78 Å². The zero-order valence-electron chi connectivity index (χ0n) is 13.8. The number of carbonyl (C=O) groups is 1. The summed E-state index contributed by atoms with van der Waals surface area (Å²) in [5.74, 6) is -1.02. The zero-order chi connectivity index (χ0) is 17.6. The van der Waals surface area contributed by atoms with Crippen molar-refractivity contribution in [3.05, 3.63) is 40.7 Å². The van der Waals surface area contributed by atoms with Gasteiger partial charge in [-0.05, 0) is 50.5 Å². The summed E-state index contributed by atoms with van der Waals surface area (Å²) in [5, 5.41) is 13.3. The minimum absolute atomic E-state index is 0.168. The van der Waals surface area contributed by atoms with E-state index in [1.807, 2.05) is 0 Å². The molecule has 0 fully saturated rings. The van der Waals surface area contributed by atoms with Gasteiger partial charge in [0.25, 0.3) is 10.0 Å². The summed E-state index contributed by atoms with van der Waals surface area (Å²) in [6.45, 7) is 3.78. The van der Waals surface area contributed by atoms with E-state index in [0.717, 1.165) is 5.56 Å². The van der Waals surface area contributed by atoms with Crippen LogP contribution in [0.1, 0.15) is 33.7 Å². The molecule has 1 N–H and O–H groups in total. The molecule has 0 saturated heterocycles. The standard InChI is InChI=1S/C16H19N3O4S/c1-10-15(11(2)18(3)17-10)24(22,23)19-8-4-5-12-9-13(16(20)21)6-7-14(12)19/h6-7,9H,4-5,8H2,1-3H3,(H,20,21). The predicted molar refractivity (Wildman–Crippen MR) is 88.9 cm³/mol. The van der Waals surface area contributed by atoms with E-state index in [0.29, 0.717) is 36.5 Å². The van der Waals surface area contributed by atoms with Crippen molar-refractivity contribution in [2.45, 2.75) is 31.6 Å². The average molecular weight is 349 g/mol. The van der Waals surface area contributed by atoms with E-state index in [9.17, 15) is 13.2 Å². The van der Waals surface area contributed by atoms with Crippen molar-refractivity contribution in [1.29, 1.82) is 0 Å². The van der Waals surface area contributed by atoms with Crippen LogP contribution in [0, 0.1) is 13.8 Å². The van der Waals surface area contributed by atoms with Gasteiger partial charge in [0.15, 0.2) is 0 Å². The Kier molecular flexibility index (Phi) is 3.87. The summed E-state index contributed by atoms with van der Waals surface area (Å²) < 4.78 is 29.3. The summed E-state index contributed by atoms with van der Waals surface area (Å²) in [6.07, 6.45) is 1.31. The number of hydrogen-bond acceptors (Lipinski definition) is 4. The topological polar surface area (TPSA) is 92.5 Å². The van der Waals surface area contributed by atoms with Gasteiger partial charge in [0.2, 0.25) is 0 Å². The lowest BCUT2D eigenvalue weighted by Crippen LogP contribution is -2.36. The second-order valence-corrected chi connectivity index (χ2v) is 7.75. The van der Waals surface area contributed by atoms with E-state index in [2.05, 4.69) is 5.10 Å². The van der Waals surface area contributed by atoms with Crippen LogP contribution in [0.4, 0.5) is 5.69 Å². The lowest BCUT2D eigenvalue weighted by atomic mass is 10.0. The summed E-state index contributed by atoms with van der Waals surface area (Å²) in [4.78, 5) is 11.4. The average Bonchev–Trinajstić information content (AvgIpc) is 2.79. The quantitative estimate of drug-likeness (QED) is 0.913. The van der Waals surface area contributed by atoms with E-state index in [1.165, 1.54) is 10.4 Å². The number of carboxylic acid groups (broad SMARTS) is 1. The molecule has 0 aliphatic carbocycles. The molecular weight excluding hydrogens is 330 g/mol. The lowest BCUT2D eigenvalue weighted by Gasteiger charge is -2.30. The third-order valence-electron chi connectivity index (χ3n) is 4.39. The van der Waals surface area contributed by atoms with Crippen molar-refractivity contribution >= 4 is 21.7 Å². The SMILES string of the molecule is Cc1nn(C)c(C)c1S(=O)(=O)N1CCCc2cc(C(=O)O)ccc21. The molecule has 1 aromatic heterocycles. The number of carboxylic acids is 1. The number of aromatic carboxylic acids is 1. The Morgan fingerprint density at radius 3 is 2.58 bits per heavy atom. The molecule has 2 heterocycles. The first kappa shape index (κ1) is 16.5. The molecule has 3 rings (SSSR count). The van der Waals surface area contributed by atoms with Gasteiger partial charge < -0.3 is 5.11 Å². The fourth-order valence-electron chi connectivity index (χ4n) is 3.18. The Hall–Kier alpha value is -2.35. The maximum Gasteiger partial charge on any atom is 0.335 e. The molecule has 24 heavy (non-hydrogen) atoms.